The van der Waals surface area contributed by atoms with Gasteiger partial charge in [0.25, 0.3) is 0 Å². The van der Waals surface area contributed by atoms with E-state index in [1.165, 1.54) is 5.56 Å². The number of aliphatic carboxylic acids is 1. The van der Waals surface area contributed by atoms with Crippen LogP contribution in [0.15, 0.2) is 24.3 Å². The highest BCUT2D eigenvalue weighted by molar-refractivity contribution is 5.82. The number of rotatable bonds is 6. The normalized spacial score (nSPS) is 14.3. The fraction of sp³-hybridized carbons (Fsp3) is 0.533. The molecule has 0 radical (unpaired) electrons. The van der Waals surface area contributed by atoms with E-state index in [1.54, 1.807) is 6.92 Å². The second-order valence-electron chi connectivity index (χ2n) is 5.29. The summed E-state index contributed by atoms with van der Waals surface area (Å²) in [5, 5.41) is 12.5. The SMILES string of the molecule is CCCC(C)(Nc1cccc(C(C)C)c1)C(=O)O. The van der Waals surface area contributed by atoms with Crippen molar-refractivity contribution < 1.29 is 9.90 Å². The lowest BCUT2D eigenvalue weighted by Gasteiger charge is -2.27. The predicted octanol–water partition coefficient (Wildman–Crippen LogP) is 3.87. The van der Waals surface area contributed by atoms with Gasteiger partial charge in [-0.25, -0.2) is 4.79 Å². The minimum Gasteiger partial charge on any atom is -0.480 e. The molecular weight excluding hydrogens is 226 g/mol. The molecule has 0 spiro atoms. The molecule has 0 aliphatic carbocycles. The molecule has 18 heavy (non-hydrogen) atoms. The molecule has 2 N–H and O–H groups in total. The Kier molecular flexibility index (Phi) is 4.76. The Labute approximate surface area is 109 Å². The monoisotopic (exact) mass is 249 g/mol. The zero-order chi connectivity index (χ0) is 13.8. The van der Waals surface area contributed by atoms with Crippen molar-refractivity contribution in [2.24, 2.45) is 0 Å². The molecule has 0 saturated carbocycles. The Balaban J connectivity index is 2.94. The molecule has 0 fully saturated rings. The Morgan fingerprint density at radius 1 is 1.44 bits per heavy atom. The number of carboxylic acid groups (broad SMARTS) is 1. The number of nitrogens with one attached hydrogen (secondary N) is 1. The van der Waals surface area contributed by atoms with Gasteiger partial charge >= 0.3 is 5.97 Å². The van der Waals surface area contributed by atoms with Crippen LogP contribution in [0.4, 0.5) is 5.69 Å². The van der Waals surface area contributed by atoms with Gasteiger partial charge in [-0.3, -0.25) is 0 Å². The summed E-state index contributed by atoms with van der Waals surface area (Å²) in [5.74, 6) is -0.367. The summed E-state index contributed by atoms with van der Waals surface area (Å²) in [6.45, 7) is 7.98. The standard InChI is InChI=1S/C15H23NO2/c1-5-9-15(4,14(17)18)16-13-8-6-7-12(10-13)11(2)3/h6-8,10-11,16H,5,9H2,1-4H3,(H,17,18). The van der Waals surface area contributed by atoms with Gasteiger partial charge in [0.05, 0.1) is 0 Å². The Morgan fingerprint density at radius 3 is 2.61 bits per heavy atom. The number of hydrogen-bond donors (Lipinski definition) is 2. The van der Waals surface area contributed by atoms with Gasteiger partial charge in [0, 0.05) is 5.69 Å². The van der Waals surface area contributed by atoms with E-state index in [4.69, 9.17) is 0 Å². The van der Waals surface area contributed by atoms with Crippen LogP contribution in [0.5, 0.6) is 0 Å². The van der Waals surface area contributed by atoms with Gasteiger partial charge in [0.2, 0.25) is 0 Å². The zero-order valence-corrected chi connectivity index (χ0v) is 11.7. The van der Waals surface area contributed by atoms with E-state index < -0.39 is 11.5 Å². The van der Waals surface area contributed by atoms with Gasteiger partial charge in [-0.15, -0.1) is 0 Å². The van der Waals surface area contributed by atoms with Crippen LogP contribution in [0, 0.1) is 0 Å². The minimum absolute atomic E-state index is 0.439. The van der Waals surface area contributed by atoms with Crippen molar-refractivity contribution in [1.29, 1.82) is 0 Å². The Bertz CT molecular complexity index is 415. The average molecular weight is 249 g/mol. The van der Waals surface area contributed by atoms with Gasteiger partial charge in [0.1, 0.15) is 5.54 Å². The highest BCUT2D eigenvalue weighted by Crippen LogP contribution is 2.24. The van der Waals surface area contributed by atoms with E-state index >= 15 is 0 Å². The molecule has 0 amide bonds. The van der Waals surface area contributed by atoms with Crippen molar-refractivity contribution >= 4 is 11.7 Å². The van der Waals surface area contributed by atoms with Crippen molar-refractivity contribution in [3.63, 3.8) is 0 Å². The predicted molar refractivity (Wildman–Crippen MR) is 75.1 cm³/mol. The lowest BCUT2D eigenvalue weighted by atomic mass is 9.95. The third-order valence-corrected chi connectivity index (χ3v) is 3.20. The summed E-state index contributed by atoms with van der Waals surface area (Å²) >= 11 is 0. The fourth-order valence-electron chi connectivity index (χ4n) is 2.02. The molecule has 0 aromatic heterocycles. The van der Waals surface area contributed by atoms with Gasteiger partial charge in [-0.1, -0.05) is 39.3 Å². The first-order chi connectivity index (χ1) is 8.39. The highest BCUT2D eigenvalue weighted by Gasteiger charge is 2.31. The molecule has 1 aromatic rings. The maximum Gasteiger partial charge on any atom is 0.329 e. The van der Waals surface area contributed by atoms with E-state index in [0.717, 1.165) is 12.1 Å². The highest BCUT2D eigenvalue weighted by atomic mass is 16.4. The van der Waals surface area contributed by atoms with Crippen LogP contribution in [0.1, 0.15) is 52.0 Å². The van der Waals surface area contributed by atoms with Crippen LogP contribution >= 0.6 is 0 Å². The van der Waals surface area contributed by atoms with E-state index in [1.807, 2.05) is 25.1 Å². The Hall–Kier alpha value is -1.51. The number of anilines is 1. The van der Waals surface area contributed by atoms with E-state index in [-0.39, 0.29) is 0 Å². The smallest absolute Gasteiger partial charge is 0.329 e. The van der Waals surface area contributed by atoms with E-state index in [0.29, 0.717) is 12.3 Å². The molecule has 100 valence electrons. The molecule has 0 saturated heterocycles. The van der Waals surface area contributed by atoms with Crippen molar-refractivity contribution in [3.8, 4) is 0 Å². The quantitative estimate of drug-likeness (QED) is 0.804. The van der Waals surface area contributed by atoms with Crippen molar-refractivity contribution in [2.45, 2.75) is 52.0 Å². The molecule has 1 rings (SSSR count). The van der Waals surface area contributed by atoms with Crippen LogP contribution < -0.4 is 5.32 Å². The summed E-state index contributed by atoms with van der Waals surface area (Å²) in [4.78, 5) is 11.4. The van der Waals surface area contributed by atoms with Crippen molar-refractivity contribution in [1.82, 2.24) is 0 Å². The number of benzene rings is 1. The zero-order valence-electron chi connectivity index (χ0n) is 11.7. The summed E-state index contributed by atoms with van der Waals surface area (Å²) in [6.07, 6.45) is 1.44. The number of carbonyl (C=O) groups is 1. The van der Waals surface area contributed by atoms with Crippen molar-refractivity contribution in [3.05, 3.63) is 29.8 Å². The number of hydrogen-bond acceptors (Lipinski definition) is 2. The van der Waals surface area contributed by atoms with Gasteiger partial charge < -0.3 is 10.4 Å². The molecule has 3 heteroatoms. The molecule has 0 aliphatic heterocycles. The first-order valence-corrected chi connectivity index (χ1v) is 6.50. The molecule has 3 nitrogen and oxygen atoms in total. The van der Waals surface area contributed by atoms with E-state index in [2.05, 4.69) is 25.2 Å². The van der Waals surface area contributed by atoms with Gasteiger partial charge in [0.15, 0.2) is 0 Å². The van der Waals surface area contributed by atoms with E-state index in [9.17, 15) is 9.90 Å². The molecule has 0 heterocycles. The third-order valence-electron chi connectivity index (χ3n) is 3.20. The molecule has 0 bridgehead atoms. The van der Waals surface area contributed by atoms with Crippen LogP contribution in [0.3, 0.4) is 0 Å². The van der Waals surface area contributed by atoms with Gasteiger partial charge in [-0.05, 0) is 37.0 Å². The summed E-state index contributed by atoms with van der Waals surface area (Å²) in [6, 6.07) is 7.98. The lowest BCUT2D eigenvalue weighted by Crippen LogP contribution is -2.43. The molecular formula is C15H23NO2. The van der Waals surface area contributed by atoms with Crippen LogP contribution in [-0.2, 0) is 4.79 Å². The first kappa shape index (κ1) is 14.6. The first-order valence-electron chi connectivity index (χ1n) is 6.50. The lowest BCUT2D eigenvalue weighted by molar-refractivity contribution is -0.141. The second kappa shape index (κ2) is 5.89. The van der Waals surface area contributed by atoms with Gasteiger partial charge in [-0.2, -0.15) is 0 Å². The second-order valence-corrected chi connectivity index (χ2v) is 5.29. The molecule has 1 aromatic carbocycles. The maximum atomic E-state index is 11.4. The van der Waals surface area contributed by atoms with Crippen LogP contribution in [0.2, 0.25) is 0 Å². The maximum absolute atomic E-state index is 11.4. The fourth-order valence-corrected chi connectivity index (χ4v) is 2.02. The summed E-state index contributed by atoms with van der Waals surface area (Å²) in [5.41, 5.74) is 1.19. The molecule has 1 atom stereocenters. The average Bonchev–Trinajstić information content (AvgIpc) is 2.29. The molecule has 0 aliphatic rings. The summed E-state index contributed by atoms with van der Waals surface area (Å²) in [7, 11) is 0. The Morgan fingerprint density at radius 2 is 2.11 bits per heavy atom. The largest absolute Gasteiger partial charge is 0.480 e. The van der Waals surface area contributed by atoms with Crippen molar-refractivity contribution in [2.75, 3.05) is 5.32 Å². The molecule has 1 unspecified atom stereocenters. The van der Waals surface area contributed by atoms with Crippen LogP contribution in [-0.4, -0.2) is 16.6 Å². The third kappa shape index (κ3) is 3.49. The summed E-state index contributed by atoms with van der Waals surface area (Å²) < 4.78 is 0. The van der Waals surface area contributed by atoms with Crippen LogP contribution in [0.25, 0.3) is 0 Å². The minimum atomic E-state index is -0.898. The topological polar surface area (TPSA) is 49.3 Å². The number of carboxylic acids is 1.